The summed E-state index contributed by atoms with van der Waals surface area (Å²) < 4.78 is 15.2. The van der Waals surface area contributed by atoms with E-state index in [-0.39, 0.29) is 17.6 Å². The van der Waals surface area contributed by atoms with Crippen LogP contribution < -0.4 is 5.32 Å². The van der Waals surface area contributed by atoms with Gasteiger partial charge in [-0.3, -0.25) is 0 Å². The Hall–Kier alpha value is -2.51. The highest BCUT2D eigenvalue weighted by atomic mass is 19.1. The maximum Gasteiger partial charge on any atom is 0.321 e. The minimum Gasteiger partial charge on any atom is -0.324 e. The Morgan fingerprint density at radius 2 is 2.23 bits per heavy atom. The highest BCUT2D eigenvalue weighted by Gasteiger charge is 2.28. The monoisotopic (exact) mass is 304 g/mol. The highest BCUT2D eigenvalue weighted by Crippen LogP contribution is 2.25. The number of benzene rings is 1. The number of nitrogens with zero attached hydrogens (tertiary/aromatic N) is 5. The van der Waals surface area contributed by atoms with Crippen molar-refractivity contribution < 1.29 is 9.18 Å². The lowest BCUT2D eigenvalue weighted by molar-refractivity contribution is 0.190. The molecule has 1 unspecified atom stereocenters. The number of para-hydroxylation sites is 1. The first-order valence-corrected chi connectivity index (χ1v) is 7.18. The Morgan fingerprint density at radius 1 is 1.41 bits per heavy atom. The third kappa shape index (κ3) is 2.90. The fourth-order valence-electron chi connectivity index (χ4n) is 2.71. The van der Waals surface area contributed by atoms with Gasteiger partial charge in [0.25, 0.3) is 0 Å². The average molecular weight is 304 g/mol. The van der Waals surface area contributed by atoms with Gasteiger partial charge in [0.05, 0.1) is 5.69 Å². The molecule has 0 spiro atoms. The van der Waals surface area contributed by atoms with Crippen LogP contribution in [0, 0.1) is 5.82 Å². The first kappa shape index (κ1) is 14.4. The summed E-state index contributed by atoms with van der Waals surface area (Å²) >= 11 is 0. The van der Waals surface area contributed by atoms with Gasteiger partial charge in [-0.05, 0) is 35.4 Å². The molecule has 2 aromatic rings. The number of nitrogens with one attached hydrogen (secondary N) is 1. The largest absolute Gasteiger partial charge is 0.324 e. The van der Waals surface area contributed by atoms with Gasteiger partial charge < -0.3 is 10.2 Å². The molecular weight excluding hydrogens is 287 g/mol. The maximum absolute atomic E-state index is 13.6. The number of urea groups is 1. The molecule has 1 N–H and O–H groups in total. The normalized spacial score (nSPS) is 18.3. The Labute approximate surface area is 127 Å². The zero-order valence-corrected chi connectivity index (χ0v) is 12.2. The number of carbonyl (C=O) groups excluding carboxylic acids is 1. The van der Waals surface area contributed by atoms with E-state index < -0.39 is 5.82 Å². The van der Waals surface area contributed by atoms with Crippen molar-refractivity contribution in [2.45, 2.75) is 18.8 Å². The second kappa shape index (κ2) is 6.08. The number of halogens is 1. The van der Waals surface area contributed by atoms with Crippen LogP contribution in [-0.2, 0) is 7.05 Å². The second-order valence-corrected chi connectivity index (χ2v) is 5.36. The summed E-state index contributed by atoms with van der Waals surface area (Å²) in [6.07, 6.45) is 1.79. The molecule has 1 aliphatic rings. The lowest BCUT2D eigenvalue weighted by Gasteiger charge is -2.31. The molecule has 7 nitrogen and oxygen atoms in total. The van der Waals surface area contributed by atoms with Crippen LogP contribution in [0.1, 0.15) is 24.6 Å². The second-order valence-electron chi connectivity index (χ2n) is 5.36. The molecule has 0 radical (unpaired) electrons. The molecule has 0 aliphatic carbocycles. The number of anilines is 1. The molecule has 1 atom stereocenters. The molecule has 22 heavy (non-hydrogen) atoms. The number of carbonyl (C=O) groups is 1. The summed E-state index contributed by atoms with van der Waals surface area (Å²) in [5.41, 5.74) is 0.190. The van der Waals surface area contributed by atoms with Gasteiger partial charge >= 0.3 is 6.03 Å². The van der Waals surface area contributed by atoms with Crippen molar-refractivity contribution in [2.24, 2.45) is 7.05 Å². The van der Waals surface area contributed by atoms with Crippen molar-refractivity contribution in [3.8, 4) is 0 Å². The molecule has 1 aromatic carbocycles. The maximum atomic E-state index is 13.6. The number of rotatable bonds is 2. The summed E-state index contributed by atoms with van der Waals surface area (Å²) in [6.45, 7) is 1.16. The molecule has 2 amide bonds. The van der Waals surface area contributed by atoms with E-state index in [1.807, 2.05) is 0 Å². The van der Waals surface area contributed by atoms with Gasteiger partial charge in [-0.2, -0.15) is 0 Å². The van der Waals surface area contributed by atoms with Crippen molar-refractivity contribution in [3.63, 3.8) is 0 Å². The smallest absolute Gasteiger partial charge is 0.321 e. The molecular formula is C14H17FN6O. The van der Waals surface area contributed by atoms with E-state index in [2.05, 4.69) is 20.8 Å². The fraction of sp³-hybridized carbons (Fsp3) is 0.429. The Bertz CT molecular complexity index is 673. The van der Waals surface area contributed by atoms with Crippen LogP contribution in [0.15, 0.2) is 24.3 Å². The standard InChI is InChI=1S/C14H17FN6O/c1-20-13(17-18-19-20)10-5-4-8-21(9-10)14(22)16-12-7-3-2-6-11(12)15/h2-3,6-7,10H,4-5,8-9H2,1H3,(H,16,22). The zero-order chi connectivity index (χ0) is 15.5. The number of aromatic nitrogens is 4. The summed E-state index contributed by atoms with van der Waals surface area (Å²) in [7, 11) is 1.79. The van der Waals surface area contributed by atoms with Gasteiger partial charge in [0.2, 0.25) is 0 Å². The van der Waals surface area contributed by atoms with Crippen molar-refractivity contribution in [1.29, 1.82) is 0 Å². The molecule has 1 aromatic heterocycles. The van der Waals surface area contributed by atoms with Crippen LogP contribution in [0.4, 0.5) is 14.9 Å². The summed E-state index contributed by atoms with van der Waals surface area (Å²) in [6, 6.07) is 5.83. The van der Waals surface area contributed by atoms with Crippen LogP contribution in [0.5, 0.6) is 0 Å². The van der Waals surface area contributed by atoms with E-state index in [0.29, 0.717) is 13.1 Å². The molecule has 8 heteroatoms. The number of hydrogen-bond acceptors (Lipinski definition) is 4. The summed E-state index contributed by atoms with van der Waals surface area (Å²) in [4.78, 5) is 14.0. The molecule has 116 valence electrons. The van der Waals surface area contributed by atoms with E-state index in [9.17, 15) is 9.18 Å². The van der Waals surface area contributed by atoms with Crippen LogP contribution >= 0.6 is 0 Å². The van der Waals surface area contributed by atoms with Crippen molar-refractivity contribution in [1.82, 2.24) is 25.1 Å². The molecule has 0 bridgehead atoms. The van der Waals surface area contributed by atoms with Gasteiger partial charge in [0.1, 0.15) is 5.82 Å². The number of piperidine rings is 1. The fourth-order valence-corrected chi connectivity index (χ4v) is 2.71. The van der Waals surface area contributed by atoms with Crippen LogP contribution in [0.25, 0.3) is 0 Å². The Kier molecular flexibility index (Phi) is 3.99. The topological polar surface area (TPSA) is 75.9 Å². The Morgan fingerprint density at radius 3 is 2.95 bits per heavy atom. The van der Waals surface area contributed by atoms with Gasteiger partial charge in [-0.1, -0.05) is 12.1 Å². The van der Waals surface area contributed by atoms with Crippen molar-refractivity contribution in [3.05, 3.63) is 35.9 Å². The molecule has 0 saturated carbocycles. The van der Waals surface area contributed by atoms with E-state index in [4.69, 9.17) is 0 Å². The summed E-state index contributed by atoms with van der Waals surface area (Å²) in [5, 5.41) is 14.1. The minimum atomic E-state index is -0.443. The van der Waals surface area contributed by atoms with Gasteiger partial charge in [0.15, 0.2) is 5.82 Å². The lowest BCUT2D eigenvalue weighted by atomic mass is 9.97. The van der Waals surface area contributed by atoms with Crippen LogP contribution in [-0.4, -0.2) is 44.2 Å². The average Bonchev–Trinajstić information content (AvgIpc) is 2.96. The zero-order valence-electron chi connectivity index (χ0n) is 12.2. The quantitative estimate of drug-likeness (QED) is 0.917. The molecule has 3 rings (SSSR count). The van der Waals surface area contributed by atoms with E-state index in [1.54, 1.807) is 34.8 Å². The van der Waals surface area contributed by atoms with Gasteiger partial charge in [0, 0.05) is 26.1 Å². The number of likely N-dealkylation sites (tertiary alicyclic amines) is 1. The lowest BCUT2D eigenvalue weighted by Crippen LogP contribution is -2.42. The number of aryl methyl sites for hydroxylation is 1. The van der Waals surface area contributed by atoms with E-state index in [0.717, 1.165) is 18.7 Å². The van der Waals surface area contributed by atoms with Crippen molar-refractivity contribution in [2.75, 3.05) is 18.4 Å². The molecule has 1 saturated heterocycles. The number of tetrazole rings is 1. The predicted molar refractivity (Wildman–Crippen MR) is 77.8 cm³/mol. The molecule has 1 aliphatic heterocycles. The number of hydrogen-bond donors (Lipinski definition) is 1. The van der Waals surface area contributed by atoms with Crippen molar-refractivity contribution >= 4 is 11.7 Å². The first-order chi connectivity index (χ1) is 10.6. The number of amides is 2. The third-order valence-electron chi connectivity index (χ3n) is 3.84. The predicted octanol–water partition coefficient (Wildman–Crippen LogP) is 1.76. The van der Waals surface area contributed by atoms with Crippen LogP contribution in [0.2, 0.25) is 0 Å². The summed E-state index contributed by atoms with van der Waals surface area (Å²) in [5.74, 6) is 0.422. The van der Waals surface area contributed by atoms with E-state index >= 15 is 0 Å². The molecule has 1 fully saturated rings. The SMILES string of the molecule is Cn1nnnc1C1CCCN(C(=O)Nc2ccccc2F)C1. The highest BCUT2D eigenvalue weighted by molar-refractivity contribution is 5.89. The minimum absolute atomic E-state index is 0.0973. The molecule has 2 heterocycles. The van der Waals surface area contributed by atoms with Gasteiger partial charge in [-0.25, -0.2) is 13.9 Å². The Balaban J connectivity index is 1.68. The third-order valence-corrected chi connectivity index (χ3v) is 3.84. The van der Waals surface area contributed by atoms with E-state index in [1.165, 1.54) is 6.07 Å². The van der Waals surface area contributed by atoms with Crippen LogP contribution in [0.3, 0.4) is 0 Å². The van der Waals surface area contributed by atoms with Gasteiger partial charge in [-0.15, -0.1) is 5.10 Å². The first-order valence-electron chi connectivity index (χ1n) is 7.18.